The van der Waals surface area contributed by atoms with Gasteiger partial charge in [-0.1, -0.05) is 17.7 Å². The lowest BCUT2D eigenvalue weighted by Gasteiger charge is -2.27. The van der Waals surface area contributed by atoms with Gasteiger partial charge >= 0.3 is 12.3 Å². The Morgan fingerprint density at radius 1 is 1.09 bits per heavy atom. The molecule has 0 radical (unpaired) electrons. The molecule has 2 aromatic carbocycles. The van der Waals surface area contributed by atoms with E-state index in [4.69, 9.17) is 21.1 Å². The molecule has 1 fully saturated rings. The van der Waals surface area contributed by atoms with Crippen LogP contribution in [0.4, 0.5) is 28.0 Å². The Morgan fingerprint density at radius 3 is 2.40 bits per heavy atom. The molecule has 1 aliphatic rings. The van der Waals surface area contributed by atoms with Gasteiger partial charge in [0.05, 0.1) is 26.0 Å². The summed E-state index contributed by atoms with van der Waals surface area (Å²) in [5, 5.41) is 1.47. The summed E-state index contributed by atoms with van der Waals surface area (Å²) in [5.41, 5.74) is -2.74. The number of hydrogen-bond donors (Lipinski definition) is 1. The van der Waals surface area contributed by atoms with Gasteiger partial charge in [0.2, 0.25) is 5.95 Å². The highest BCUT2D eigenvalue weighted by atomic mass is 35.5. The Kier molecular flexibility index (Phi) is 10.2. The van der Waals surface area contributed by atoms with Crippen molar-refractivity contribution < 1.29 is 45.6 Å². The number of pyridine rings is 1. The lowest BCUT2D eigenvalue weighted by Crippen LogP contribution is -2.43. The molecule has 3 amide bonds. The Morgan fingerprint density at radius 2 is 1.77 bits per heavy atom. The Balaban J connectivity index is 1.64. The summed E-state index contributed by atoms with van der Waals surface area (Å²) in [6.45, 7) is 6.71. The number of nitrogens with zero attached hydrogens (tertiary/aromatic N) is 3. The van der Waals surface area contributed by atoms with E-state index in [0.29, 0.717) is 18.9 Å². The molecule has 16 heteroatoms. The van der Waals surface area contributed by atoms with Crippen molar-refractivity contribution in [3.05, 3.63) is 76.3 Å². The predicted octanol–water partition coefficient (Wildman–Crippen LogP) is 7.63. The molecule has 3 aromatic rings. The van der Waals surface area contributed by atoms with Crippen LogP contribution in [0.25, 0.3) is 0 Å². The number of benzene rings is 2. The third-order valence-corrected chi connectivity index (χ3v) is 8.87. The van der Waals surface area contributed by atoms with Crippen LogP contribution in [0.3, 0.4) is 0 Å². The van der Waals surface area contributed by atoms with Crippen LogP contribution in [0.2, 0.25) is 5.02 Å². The van der Waals surface area contributed by atoms with Gasteiger partial charge in [0.25, 0.3) is 11.8 Å². The quantitative estimate of drug-likeness (QED) is 0.207. The van der Waals surface area contributed by atoms with Crippen LogP contribution in [0.5, 0.6) is 11.5 Å². The molecule has 47 heavy (non-hydrogen) atoms. The van der Waals surface area contributed by atoms with E-state index in [2.05, 4.69) is 14.7 Å². The third-order valence-electron chi connectivity index (χ3n) is 6.82. The van der Waals surface area contributed by atoms with Gasteiger partial charge in [-0.15, -0.1) is 0 Å². The number of aromatic nitrogens is 1. The van der Waals surface area contributed by atoms with E-state index in [1.165, 1.54) is 48.4 Å². The van der Waals surface area contributed by atoms with Crippen LogP contribution in [-0.4, -0.2) is 56.4 Å². The first-order valence-electron chi connectivity index (χ1n) is 14.1. The monoisotopic (exact) mass is 698 g/mol. The first kappa shape index (κ1) is 35.6. The highest BCUT2D eigenvalue weighted by Crippen LogP contribution is 2.41. The molecule has 4 rings (SSSR count). The lowest BCUT2D eigenvalue weighted by molar-refractivity contribution is -0.137. The van der Waals surface area contributed by atoms with Crippen LogP contribution in [0.15, 0.2) is 57.8 Å². The smallest absolute Gasteiger partial charge is 0.417 e. The van der Waals surface area contributed by atoms with E-state index in [-0.39, 0.29) is 34.3 Å². The van der Waals surface area contributed by atoms with Crippen LogP contribution in [0.1, 0.15) is 55.2 Å². The standard InChI is InChI=1S/C31H31ClF4N4O6S/c1-17-22(13-14-24(33)37-17)45-23-12-11-20(31(34,35)36)26(32)25(23)28(42)38-18-8-6-9-19(16-18)47(5,44)39-27(41)21-10-7-15-40(21)29(43)46-30(2,3)4/h6,8-9,11-14,16,21H,7,10,15H2,1-5H3,(H,38,42)/t21-,47+/m0/s1. The van der Waals surface area contributed by atoms with Gasteiger partial charge in [-0.2, -0.15) is 21.9 Å². The zero-order valence-corrected chi connectivity index (χ0v) is 27.5. The highest BCUT2D eigenvalue weighted by Gasteiger charge is 2.38. The molecule has 2 atom stereocenters. The molecule has 0 saturated carbocycles. The predicted molar refractivity (Wildman–Crippen MR) is 166 cm³/mol. The number of carbonyl (C=O) groups is 3. The number of anilines is 1. The molecule has 1 N–H and O–H groups in total. The maximum Gasteiger partial charge on any atom is 0.417 e. The molecule has 2 heterocycles. The van der Waals surface area contributed by atoms with Crippen LogP contribution < -0.4 is 10.1 Å². The van der Waals surface area contributed by atoms with E-state index < -0.39 is 67.6 Å². The number of aryl methyl sites for hydroxylation is 1. The van der Waals surface area contributed by atoms with E-state index in [1.54, 1.807) is 20.8 Å². The summed E-state index contributed by atoms with van der Waals surface area (Å²) in [7, 11) is -3.44. The Labute approximate surface area is 273 Å². The van der Waals surface area contributed by atoms with Gasteiger partial charge in [-0.25, -0.2) is 14.0 Å². The summed E-state index contributed by atoms with van der Waals surface area (Å²) in [4.78, 5) is 44.1. The zero-order chi connectivity index (χ0) is 34.9. The summed E-state index contributed by atoms with van der Waals surface area (Å²) in [6.07, 6.45) is -3.61. The zero-order valence-electron chi connectivity index (χ0n) is 25.9. The van der Waals surface area contributed by atoms with Gasteiger partial charge in [0.1, 0.15) is 28.7 Å². The van der Waals surface area contributed by atoms with Gasteiger partial charge in [-0.3, -0.25) is 14.5 Å². The Bertz CT molecular complexity index is 1850. The Hall–Kier alpha value is -4.24. The molecule has 1 saturated heterocycles. The molecule has 0 aliphatic carbocycles. The number of nitrogens with one attached hydrogen (secondary N) is 1. The van der Waals surface area contributed by atoms with Gasteiger partial charge < -0.3 is 14.8 Å². The molecule has 1 aromatic heterocycles. The number of alkyl halides is 3. The third kappa shape index (κ3) is 8.57. The average molecular weight is 699 g/mol. The SMILES string of the molecule is Cc1nc(F)ccc1Oc1ccc(C(F)(F)F)c(Cl)c1C(=O)Nc1cccc([S@@](C)(=O)=NC(=O)[C@@H]2CCCN2C(=O)OC(C)(C)C)c1. The molecule has 0 spiro atoms. The fraction of sp³-hybridized carbons (Fsp3) is 0.355. The number of ether oxygens (including phenoxy) is 2. The van der Waals surface area contributed by atoms with Crippen molar-refractivity contribution in [2.75, 3.05) is 18.1 Å². The van der Waals surface area contributed by atoms with Crippen LogP contribution >= 0.6 is 11.6 Å². The largest absolute Gasteiger partial charge is 0.455 e. The minimum absolute atomic E-state index is 0.0139. The summed E-state index contributed by atoms with van der Waals surface area (Å²) in [5.74, 6) is -3.14. The van der Waals surface area contributed by atoms with Gasteiger partial charge in [0.15, 0.2) is 0 Å². The second-order valence-electron chi connectivity index (χ2n) is 11.7. The molecular weight excluding hydrogens is 668 g/mol. The first-order chi connectivity index (χ1) is 21.8. The molecule has 0 bridgehead atoms. The van der Waals surface area contributed by atoms with Crippen LogP contribution in [0, 0.1) is 12.9 Å². The van der Waals surface area contributed by atoms with Gasteiger partial charge in [0, 0.05) is 23.4 Å². The van der Waals surface area contributed by atoms with Crippen molar-refractivity contribution in [2.45, 2.75) is 63.3 Å². The van der Waals surface area contributed by atoms with Crippen molar-refractivity contribution >= 4 is 44.9 Å². The van der Waals surface area contributed by atoms with Crippen molar-refractivity contribution in [1.29, 1.82) is 0 Å². The summed E-state index contributed by atoms with van der Waals surface area (Å²) in [6, 6.07) is 8.13. The molecular formula is C31H31ClF4N4O6S. The van der Waals surface area contributed by atoms with Gasteiger partial charge in [-0.05, 0) is 83.0 Å². The molecule has 252 valence electrons. The number of hydrogen-bond acceptors (Lipinski definition) is 7. The number of likely N-dealkylation sites (tertiary alicyclic amines) is 1. The topological polar surface area (TPSA) is 127 Å². The number of rotatable bonds is 6. The van der Waals surface area contributed by atoms with E-state index >= 15 is 0 Å². The maximum absolute atomic E-state index is 13.7. The average Bonchev–Trinajstić information content (AvgIpc) is 3.44. The number of halogens is 5. The second kappa shape index (κ2) is 13.5. The highest BCUT2D eigenvalue weighted by molar-refractivity contribution is 7.93. The number of carbonyl (C=O) groups excluding carboxylic acids is 3. The van der Waals surface area contributed by atoms with E-state index in [0.717, 1.165) is 12.1 Å². The fourth-order valence-electron chi connectivity index (χ4n) is 4.67. The van der Waals surface area contributed by atoms with Crippen molar-refractivity contribution in [2.24, 2.45) is 4.36 Å². The molecule has 10 nitrogen and oxygen atoms in total. The summed E-state index contributed by atoms with van der Waals surface area (Å²) < 4.78 is 83.3. The number of amides is 3. The van der Waals surface area contributed by atoms with Crippen molar-refractivity contribution in [1.82, 2.24) is 9.88 Å². The van der Waals surface area contributed by atoms with E-state index in [1.807, 2.05) is 0 Å². The normalized spacial score (nSPS) is 16.3. The lowest BCUT2D eigenvalue weighted by atomic mass is 10.1. The molecule has 1 aliphatic heterocycles. The second-order valence-corrected chi connectivity index (χ2v) is 14.3. The minimum atomic E-state index is -4.92. The maximum atomic E-state index is 13.7. The van der Waals surface area contributed by atoms with Crippen molar-refractivity contribution in [3.8, 4) is 11.5 Å². The minimum Gasteiger partial charge on any atom is -0.455 e. The van der Waals surface area contributed by atoms with E-state index in [9.17, 15) is 36.2 Å². The van der Waals surface area contributed by atoms with Crippen LogP contribution in [-0.2, 0) is 25.4 Å². The first-order valence-corrected chi connectivity index (χ1v) is 16.4. The van der Waals surface area contributed by atoms with Crippen molar-refractivity contribution in [3.63, 3.8) is 0 Å². The fourth-order valence-corrected chi connectivity index (χ4v) is 6.26. The summed E-state index contributed by atoms with van der Waals surface area (Å²) >= 11 is 6.11. The molecule has 0 unspecified atom stereocenters.